The average Bonchev–Trinajstić information content (AvgIpc) is 3.26. The van der Waals surface area contributed by atoms with Crippen LogP contribution in [0.4, 0.5) is 0 Å². The standard InChI is InChI=1S/C27H33N5O2S/c1-7-19(6)20-12-14-21(15-13-20)31-25(34)22-10-8-9-11-23(22)32-26(31)28-29-27(32)35-16-24(33)30(17(2)3)18(4)5/h8-15,17-19H,7,16H2,1-6H3. The van der Waals surface area contributed by atoms with Gasteiger partial charge in [-0.15, -0.1) is 10.2 Å². The molecule has 2 heterocycles. The minimum Gasteiger partial charge on any atom is -0.337 e. The minimum absolute atomic E-state index is 0.0509. The lowest BCUT2D eigenvalue weighted by atomic mass is 9.98. The van der Waals surface area contributed by atoms with E-state index in [1.807, 2.05) is 73.4 Å². The summed E-state index contributed by atoms with van der Waals surface area (Å²) >= 11 is 1.34. The second-order valence-corrected chi connectivity index (χ2v) is 10.4. The lowest BCUT2D eigenvalue weighted by Gasteiger charge is -2.30. The summed E-state index contributed by atoms with van der Waals surface area (Å²) in [4.78, 5) is 28.4. The van der Waals surface area contributed by atoms with Gasteiger partial charge in [0.25, 0.3) is 5.56 Å². The molecule has 0 aliphatic heterocycles. The van der Waals surface area contributed by atoms with E-state index in [0.717, 1.165) is 17.6 Å². The van der Waals surface area contributed by atoms with E-state index in [-0.39, 0.29) is 29.3 Å². The number of para-hydroxylation sites is 1. The first-order valence-corrected chi connectivity index (χ1v) is 13.2. The Bertz CT molecular complexity index is 1400. The highest BCUT2D eigenvalue weighted by atomic mass is 32.2. The van der Waals surface area contributed by atoms with Crippen molar-refractivity contribution in [3.8, 4) is 5.69 Å². The largest absolute Gasteiger partial charge is 0.337 e. The van der Waals surface area contributed by atoms with Gasteiger partial charge in [-0.3, -0.25) is 14.0 Å². The molecule has 0 bridgehead atoms. The highest BCUT2D eigenvalue weighted by Gasteiger charge is 2.23. The molecule has 0 saturated heterocycles. The third kappa shape index (κ3) is 4.72. The predicted octanol–water partition coefficient (Wildman–Crippen LogP) is 5.28. The highest BCUT2D eigenvalue weighted by Crippen LogP contribution is 2.25. The number of carbonyl (C=O) groups is 1. The molecule has 0 radical (unpaired) electrons. The zero-order chi connectivity index (χ0) is 25.3. The van der Waals surface area contributed by atoms with Crippen molar-refractivity contribution in [2.75, 3.05) is 5.75 Å². The van der Waals surface area contributed by atoms with Gasteiger partial charge >= 0.3 is 0 Å². The Balaban J connectivity index is 1.81. The van der Waals surface area contributed by atoms with Crippen LogP contribution < -0.4 is 5.56 Å². The summed E-state index contributed by atoms with van der Waals surface area (Å²) in [6, 6.07) is 15.8. The Hall–Kier alpha value is -3.13. The maximum Gasteiger partial charge on any atom is 0.267 e. The molecular formula is C27H33N5O2S. The summed E-state index contributed by atoms with van der Waals surface area (Å²) in [5.41, 5.74) is 2.56. The first-order valence-electron chi connectivity index (χ1n) is 12.2. The zero-order valence-electron chi connectivity index (χ0n) is 21.2. The molecule has 0 spiro atoms. The molecule has 7 nitrogen and oxygen atoms in total. The van der Waals surface area contributed by atoms with Crippen molar-refractivity contribution in [1.29, 1.82) is 0 Å². The molecule has 4 rings (SSSR count). The molecule has 184 valence electrons. The number of nitrogens with zero attached hydrogens (tertiary/aromatic N) is 5. The van der Waals surface area contributed by atoms with Gasteiger partial charge in [0.05, 0.1) is 22.3 Å². The van der Waals surface area contributed by atoms with E-state index in [2.05, 4.69) is 36.2 Å². The molecule has 1 atom stereocenters. The number of thioether (sulfide) groups is 1. The number of carbonyl (C=O) groups excluding carboxylic acids is 1. The Labute approximate surface area is 210 Å². The Morgan fingerprint density at radius 3 is 2.26 bits per heavy atom. The zero-order valence-corrected chi connectivity index (χ0v) is 22.0. The number of fused-ring (bicyclic) bond motifs is 3. The number of amides is 1. The second kappa shape index (κ2) is 10.2. The van der Waals surface area contributed by atoms with E-state index in [1.165, 1.54) is 17.3 Å². The fraction of sp³-hybridized carbons (Fsp3) is 0.407. The van der Waals surface area contributed by atoms with Crippen LogP contribution in [0.2, 0.25) is 0 Å². The van der Waals surface area contributed by atoms with Gasteiger partial charge in [-0.2, -0.15) is 0 Å². The number of aromatic nitrogens is 4. The van der Waals surface area contributed by atoms with E-state index < -0.39 is 0 Å². The summed E-state index contributed by atoms with van der Waals surface area (Å²) in [5.74, 6) is 1.18. The minimum atomic E-state index is -0.143. The smallest absolute Gasteiger partial charge is 0.267 e. The molecule has 0 aliphatic rings. The third-order valence-corrected chi connectivity index (χ3v) is 7.37. The fourth-order valence-electron chi connectivity index (χ4n) is 4.57. The number of hydrogen-bond donors (Lipinski definition) is 0. The van der Waals surface area contributed by atoms with E-state index >= 15 is 0 Å². The van der Waals surface area contributed by atoms with E-state index in [0.29, 0.717) is 22.2 Å². The van der Waals surface area contributed by atoms with Gasteiger partial charge in [-0.1, -0.05) is 49.9 Å². The predicted molar refractivity (Wildman–Crippen MR) is 143 cm³/mol. The molecule has 1 amide bonds. The van der Waals surface area contributed by atoms with Gasteiger partial charge in [-0.25, -0.2) is 4.57 Å². The van der Waals surface area contributed by atoms with Gasteiger partial charge in [0.1, 0.15) is 0 Å². The van der Waals surface area contributed by atoms with E-state index in [4.69, 9.17) is 0 Å². The van der Waals surface area contributed by atoms with Crippen LogP contribution in [-0.2, 0) is 4.79 Å². The number of hydrogen-bond acceptors (Lipinski definition) is 5. The molecular weight excluding hydrogens is 458 g/mol. The van der Waals surface area contributed by atoms with Crippen molar-refractivity contribution >= 4 is 34.3 Å². The monoisotopic (exact) mass is 491 g/mol. The normalized spacial score (nSPS) is 12.7. The maximum absolute atomic E-state index is 13.5. The van der Waals surface area contributed by atoms with Crippen LogP contribution in [-0.4, -0.2) is 47.8 Å². The maximum atomic E-state index is 13.5. The number of rotatable bonds is 8. The molecule has 2 aromatic heterocycles. The Kier molecular flexibility index (Phi) is 7.31. The second-order valence-electron chi connectivity index (χ2n) is 9.45. The Morgan fingerprint density at radius 2 is 1.63 bits per heavy atom. The lowest BCUT2D eigenvalue weighted by Crippen LogP contribution is -2.43. The van der Waals surface area contributed by atoms with Crippen LogP contribution in [0.15, 0.2) is 58.5 Å². The van der Waals surface area contributed by atoms with Crippen LogP contribution >= 0.6 is 11.8 Å². The molecule has 4 aromatic rings. The van der Waals surface area contributed by atoms with Crippen LogP contribution in [0.5, 0.6) is 0 Å². The van der Waals surface area contributed by atoms with Crippen molar-refractivity contribution in [2.24, 2.45) is 0 Å². The van der Waals surface area contributed by atoms with Crippen LogP contribution in [0.3, 0.4) is 0 Å². The molecule has 0 saturated carbocycles. The molecule has 0 fully saturated rings. The van der Waals surface area contributed by atoms with E-state index in [9.17, 15) is 9.59 Å². The highest BCUT2D eigenvalue weighted by molar-refractivity contribution is 7.99. The Morgan fingerprint density at radius 1 is 0.971 bits per heavy atom. The molecule has 8 heteroatoms. The fourth-order valence-corrected chi connectivity index (χ4v) is 5.37. The summed E-state index contributed by atoms with van der Waals surface area (Å²) in [6.45, 7) is 12.4. The van der Waals surface area contributed by atoms with Gasteiger partial charge in [0, 0.05) is 12.1 Å². The van der Waals surface area contributed by atoms with Crippen LogP contribution in [0.1, 0.15) is 59.4 Å². The molecule has 1 unspecified atom stereocenters. The van der Waals surface area contributed by atoms with E-state index in [1.54, 1.807) is 4.57 Å². The molecule has 2 aromatic carbocycles. The van der Waals surface area contributed by atoms with Crippen molar-refractivity contribution in [3.05, 3.63) is 64.4 Å². The summed E-state index contributed by atoms with van der Waals surface area (Å²) in [7, 11) is 0. The quantitative estimate of drug-likeness (QED) is 0.313. The third-order valence-electron chi connectivity index (χ3n) is 6.45. The van der Waals surface area contributed by atoms with Gasteiger partial charge in [-0.05, 0) is 69.9 Å². The van der Waals surface area contributed by atoms with Crippen molar-refractivity contribution in [3.63, 3.8) is 0 Å². The molecule has 0 aliphatic carbocycles. The molecule has 0 N–H and O–H groups in total. The first-order chi connectivity index (χ1) is 16.7. The van der Waals surface area contributed by atoms with Crippen molar-refractivity contribution in [2.45, 2.75) is 71.1 Å². The SMILES string of the molecule is CCC(C)c1ccc(-n2c(=O)c3ccccc3n3c(SCC(=O)N(C(C)C)C(C)C)nnc23)cc1. The topological polar surface area (TPSA) is 72.5 Å². The van der Waals surface area contributed by atoms with Crippen molar-refractivity contribution < 1.29 is 4.79 Å². The van der Waals surface area contributed by atoms with Gasteiger partial charge in [0.2, 0.25) is 11.7 Å². The van der Waals surface area contributed by atoms with Crippen LogP contribution in [0, 0.1) is 0 Å². The summed E-state index contributed by atoms with van der Waals surface area (Å²) < 4.78 is 3.49. The van der Waals surface area contributed by atoms with Gasteiger partial charge < -0.3 is 4.90 Å². The number of benzene rings is 2. The van der Waals surface area contributed by atoms with Crippen LogP contribution in [0.25, 0.3) is 22.4 Å². The first kappa shape index (κ1) is 25.0. The van der Waals surface area contributed by atoms with Gasteiger partial charge in [0.15, 0.2) is 5.16 Å². The average molecular weight is 492 g/mol. The summed E-state index contributed by atoms with van der Waals surface area (Å²) in [5, 5.41) is 9.96. The molecule has 35 heavy (non-hydrogen) atoms. The summed E-state index contributed by atoms with van der Waals surface area (Å²) in [6.07, 6.45) is 1.05. The van der Waals surface area contributed by atoms with Crippen molar-refractivity contribution in [1.82, 2.24) is 24.1 Å². The lowest BCUT2D eigenvalue weighted by molar-refractivity contribution is -0.131.